The number of hydrogen-bond donors (Lipinski definition) is 2. The Labute approximate surface area is 119 Å². The molecular formula is C13H19ClN2O2S. The molecule has 0 aromatic heterocycles. The zero-order valence-corrected chi connectivity index (χ0v) is 12.7. The predicted octanol–water partition coefficient (Wildman–Crippen LogP) is 2.84. The largest absolute Gasteiger partial charge is 0.398 e. The van der Waals surface area contributed by atoms with Gasteiger partial charge in [0.2, 0.25) is 10.0 Å². The first kappa shape index (κ1) is 14.6. The second-order valence-corrected chi connectivity index (χ2v) is 7.30. The topological polar surface area (TPSA) is 72.2 Å². The molecular weight excluding hydrogens is 284 g/mol. The standard InChI is InChI=1S/C13H19ClN2O2S/c1-3-13(5-4-6-13)16-19(17,18)10-7-11(14)9(2)12(15)8-10/h7-8,16H,3-6,15H2,1-2H3. The van der Waals surface area contributed by atoms with Gasteiger partial charge in [0.15, 0.2) is 0 Å². The molecule has 0 aliphatic heterocycles. The van der Waals surface area contributed by atoms with Crippen LogP contribution in [-0.4, -0.2) is 14.0 Å². The number of nitrogens with two attached hydrogens (primary N) is 1. The van der Waals surface area contributed by atoms with Crippen molar-refractivity contribution in [1.82, 2.24) is 4.72 Å². The van der Waals surface area contributed by atoms with Crippen LogP contribution in [0.15, 0.2) is 17.0 Å². The van der Waals surface area contributed by atoms with Crippen molar-refractivity contribution in [2.24, 2.45) is 0 Å². The van der Waals surface area contributed by atoms with E-state index >= 15 is 0 Å². The van der Waals surface area contributed by atoms with Gasteiger partial charge in [0.25, 0.3) is 0 Å². The second kappa shape index (κ2) is 4.96. The van der Waals surface area contributed by atoms with E-state index < -0.39 is 10.0 Å². The van der Waals surface area contributed by atoms with Crippen LogP contribution >= 0.6 is 11.6 Å². The predicted molar refractivity (Wildman–Crippen MR) is 77.8 cm³/mol. The molecule has 4 nitrogen and oxygen atoms in total. The third-order valence-corrected chi connectivity index (χ3v) is 5.96. The zero-order valence-electron chi connectivity index (χ0n) is 11.2. The van der Waals surface area contributed by atoms with Crippen LogP contribution in [0.25, 0.3) is 0 Å². The van der Waals surface area contributed by atoms with E-state index in [-0.39, 0.29) is 10.4 Å². The number of rotatable bonds is 4. The van der Waals surface area contributed by atoms with E-state index in [0.717, 1.165) is 25.7 Å². The molecule has 3 N–H and O–H groups in total. The minimum absolute atomic E-state index is 0.139. The molecule has 6 heteroatoms. The van der Waals surface area contributed by atoms with Crippen LogP contribution in [0.5, 0.6) is 0 Å². The van der Waals surface area contributed by atoms with Crippen molar-refractivity contribution in [2.75, 3.05) is 5.73 Å². The van der Waals surface area contributed by atoms with E-state index in [4.69, 9.17) is 17.3 Å². The minimum Gasteiger partial charge on any atom is -0.398 e. The molecule has 0 unspecified atom stereocenters. The van der Waals surface area contributed by atoms with Crippen molar-refractivity contribution in [3.63, 3.8) is 0 Å². The summed E-state index contributed by atoms with van der Waals surface area (Å²) in [5, 5.41) is 0.375. The summed E-state index contributed by atoms with van der Waals surface area (Å²) in [6.45, 7) is 3.76. The maximum Gasteiger partial charge on any atom is 0.241 e. The number of anilines is 1. The van der Waals surface area contributed by atoms with Crippen LogP contribution in [0.3, 0.4) is 0 Å². The number of halogens is 1. The first-order chi connectivity index (χ1) is 8.80. The summed E-state index contributed by atoms with van der Waals surface area (Å²) in [5.41, 5.74) is 6.60. The maximum absolute atomic E-state index is 12.4. The molecule has 1 saturated carbocycles. The van der Waals surface area contributed by atoms with Gasteiger partial charge in [-0.05, 0) is 50.3 Å². The Hall–Kier alpha value is -0.780. The van der Waals surface area contributed by atoms with Gasteiger partial charge >= 0.3 is 0 Å². The smallest absolute Gasteiger partial charge is 0.241 e. The average molecular weight is 303 g/mol. The molecule has 1 aromatic carbocycles. The maximum atomic E-state index is 12.4. The number of nitrogen functional groups attached to an aromatic ring is 1. The molecule has 106 valence electrons. The summed E-state index contributed by atoms with van der Waals surface area (Å²) < 4.78 is 27.6. The molecule has 1 aromatic rings. The van der Waals surface area contributed by atoms with Crippen LogP contribution in [-0.2, 0) is 10.0 Å². The normalized spacial score (nSPS) is 18.1. The Morgan fingerprint density at radius 1 is 1.42 bits per heavy atom. The molecule has 1 fully saturated rings. The summed E-state index contributed by atoms with van der Waals surface area (Å²) >= 11 is 6.01. The van der Waals surface area contributed by atoms with Crippen LogP contribution in [0, 0.1) is 6.92 Å². The highest BCUT2D eigenvalue weighted by atomic mass is 35.5. The fourth-order valence-corrected chi connectivity index (χ4v) is 4.19. The molecule has 0 saturated heterocycles. The number of sulfonamides is 1. The van der Waals surface area contributed by atoms with Crippen molar-refractivity contribution in [3.05, 3.63) is 22.7 Å². The van der Waals surface area contributed by atoms with E-state index in [2.05, 4.69) is 4.72 Å². The van der Waals surface area contributed by atoms with Gasteiger partial charge in [0.05, 0.1) is 4.90 Å². The summed E-state index contributed by atoms with van der Waals surface area (Å²) in [5.74, 6) is 0. The summed E-state index contributed by atoms with van der Waals surface area (Å²) in [4.78, 5) is 0.139. The molecule has 0 radical (unpaired) electrons. The summed E-state index contributed by atoms with van der Waals surface area (Å²) in [6.07, 6.45) is 3.63. The average Bonchev–Trinajstić information content (AvgIpc) is 2.30. The Bertz CT molecular complexity index is 566. The highest BCUT2D eigenvalue weighted by molar-refractivity contribution is 7.89. The molecule has 1 aliphatic carbocycles. The lowest BCUT2D eigenvalue weighted by atomic mass is 9.76. The lowest BCUT2D eigenvalue weighted by molar-refractivity contribution is 0.214. The summed E-state index contributed by atoms with van der Waals surface area (Å²) in [7, 11) is -3.57. The van der Waals surface area contributed by atoms with Crippen LogP contribution in [0.2, 0.25) is 5.02 Å². The molecule has 0 heterocycles. The Morgan fingerprint density at radius 3 is 2.47 bits per heavy atom. The molecule has 19 heavy (non-hydrogen) atoms. The van der Waals surface area contributed by atoms with Crippen molar-refractivity contribution in [1.29, 1.82) is 0 Å². The van der Waals surface area contributed by atoms with Gasteiger partial charge in [-0.25, -0.2) is 13.1 Å². The van der Waals surface area contributed by atoms with Gasteiger partial charge in [-0.2, -0.15) is 0 Å². The highest BCUT2D eigenvalue weighted by Gasteiger charge is 2.39. The second-order valence-electron chi connectivity index (χ2n) is 5.21. The minimum atomic E-state index is -3.57. The first-order valence-electron chi connectivity index (χ1n) is 6.39. The van der Waals surface area contributed by atoms with Crippen molar-refractivity contribution < 1.29 is 8.42 Å². The van der Waals surface area contributed by atoms with E-state index in [9.17, 15) is 8.42 Å². The number of benzene rings is 1. The lowest BCUT2D eigenvalue weighted by Gasteiger charge is -2.41. The van der Waals surface area contributed by atoms with Crippen molar-refractivity contribution >= 4 is 27.3 Å². The van der Waals surface area contributed by atoms with Gasteiger partial charge in [0.1, 0.15) is 0 Å². The molecule has 2 rings (SSSR count). The van der Waals surface area contributed by atoms with Crippen LogP contribution in [0.4, 0.5) is 5.69 Å². The van der Waals surface area contributed by atoms with Gasteiger partial charge in [-0.15, -0.1) is 0 Å². The van der Waals surface area contributed by atoms with Crippen molar-refractivity contribution in [2.45, 2.75) is 50.0 Å². The van der Waals surface area contributed by atoms with Crippen molar-refractivity contribution in [3.8, 4) is 0 Å². The fourth-order valence-electron chi connectivity index (χ4n) is 2.30. The lowest BCUT2D eigenvalue weighted by Crippen LogP contribution is -2.52. The Morgan fingerprint density at radius 2 is 2.05 bits per heavy atom. The van der Waals surface area contributed by atoms with E-state index in [1.54, 1.807) is 6.92 Å². The van der Waals surface area contributed by atoms with Gasteiger partial charge in [-0.1, -0.05) is 18.5 Å². The van der Waals surface area contributed by atoms with Gasteiger partial charge in [-0.3, -0.25) is 0 Å². The Kier molecular flexibility index (Phi) is 3.82. The van der Waals surface area contributed by atoms with Gasteiger partial charge < -0.3 is 5.73 Å². The van der Waals surface area contributed by atoms with E-state index in [1.165, 1.54) is 12.1 Å². The molecule has 0 spiro atoms. The number of hydrogen-bond acceptors (Lipinski definition) is 3. The third kappa shape index (κ3) is 2.73. The molecule has 0 atom stereocenters. The highest BCUT2D eigenvalue weighted by Crippen LogP contribution is 2.36. The molecule has 1 aliphatic rings. The first-order valence-corrected chi connectivity index (χ1v) is 8.25. The van der Waals surface area contributed by atoms with Crippen LogP contribution < -0.4 is 10.5 Å². The van der Waals surface area contributed by atoms with Gasteiger partial charge in [0, 0.05) is 16.2 Å². The number of nitrogens with one attached hydrogen (secondary N) is 1. The summed E-state index contributed by atoms with van der Waals surface area (Å²) in [6, 6.07) is 2.92. The molecule has 0 bridgehead atoms. The van der Waals surface area contributed by atoms with Crippen LogP contribution in [0.1, 0.15) is 38.2 Å². The Balaban J connectivity index is 2.35. The van der Waals surface area contributed by atoms with E-state index in [1.807, 2.05) is 6.92 Å². The monoisotopic (exact) mass is 302 g/mol. The fraction of sp³-hybridized carbons (Fsp3) is 0.538. The SMILES string of the molecule is CCC1(NS(=O)(=O)c2cc(N)c(C)c(Cl)c2)CCC1. The van der Waals surface area contributed by atoms with E-state index in [0.29, 0.717) is 16.3 Å². The zero-order chi connectivity index (χ0) is 14.3. The third-order valence-electron chi connectivity index (χ3n) is 4.01. The quantitative estimate of drug-likeness (QED) is 0.840. The molecule has 0 amide bonds.